The molecule has 0 unspecified atom stereocenters. The quantitative estimate of drug-likeness (QED) is 0.498. The SMILES string of the molecule is COc1ccc(N)c(SCCOC(C)(C)C)c1. The summed E-state index contributed by atoms with van der Waals surface area (Å²) in [6, 6.07) is 5.69. The lowest BCUT2D eigenvalue weighted by Gasteiger charge is -2.19. The van der Waals surface area contributed by atoms with Gasteiger partial charge in [0.1, 0.15) is 5.75 Å². The summed E-state index contributed by atoms with van der Waals surface area (Å²) in [5, 5.41) is 0. The van der Waals surface area contributed by atoms with Crippen molar-refractivity contribution in [2.75, 3.05) is 25.2 Å². The molecule has 0 bridgehead atoms. The summed E-state index contributed by atoms with van der Waals surface area (Å²) < 4.78 is 10.8. The van der Waals surface area contributed by atoms with Crippen LogP contribution in [0.5, 0.6) is 5.75 Å². The molecule has 0 saturated heterocycles. The van der Waals surface area contributed by atoms with Crippen molar-refractivity contribution in [1.82, 2.24) is 0 Å². The van der Waals surface area contributed by atoms with Gasteiger partial charge in [-0.1, -0.05) is 0 Å². The molecule has 1 aromatic rings. The number of thioether (sulfide) groups is 1. The molecule has 0 amide bonds. The second-order valence-corrected chi connectivity index (χ2v) is 5.85. The van der Waals surface area contributed by atoms with Crippen molar-refractivity contribution in [2.24, 2.45) is 0 Å². The molecular weight excluding hydrogens is 234 g/mol. The first kappa shape index (κ1) is 14.2. The maximum atomic E-state index is 5.89. The van der Waals surface area contributed by atoms with Gasteiger partial charge in [0.2, 0.25) is 0 Å². The number of hydrogen-bond donors (Lipinski definition) is 1. The van der Waals surface area contributed by atoms with Gasteiger partial charge in [0.15, 0.2) is 0 Å². The Kier molecular flexibility index (Phi) is 5.15. The average Bonchev–Trinajstić information content (AvgIpc) is 2.25. The van der Waals surface area contributed by atoms with Crippen LogP contribution >= 0.6 is 11.8 Å². The highest BCUT2D eigenvalue weighted by Gasteiger charge is 2.09. The third-order valence-electron chi connectivity index (χ3n) is 2.10. The van der Waals surface area contributed by atoms with Crippen LogP contribution < -0.4 is 10.5 Å². The largest absolute Gasteiger partial charge is 0.497 e. The van der Waals surface area contributed by atoms with Gasteiger partial charge in [-0.15, -0.1) is 11.8 Å². The lowest BCUT2D eigenvalue weighted by Crippen LogP contribution is -2.20. The smallest absolute Gasteiger partial charge is 0.120 e. The Morgan fingerprint density at radius 3 is 2.59 bits per heavy atom. The zero-order valence-corrected chi connectivity index (χ0v) is 11.8. The normalized spacial score (nSPS) is 11.5. The van der Waals surface area contributed by atoms with Crippen molar-refractivity contribution in [2.45, 2.75) is 31.3 Å². The molecule has 0 spiro atoms. The molecule has 0 radical (unpaired) electrons. The predicted octanol–water partition coefficient (Wildman–Crippen LogP) is 3.18. The van der Waals surface area contributed by atoms with Crippen LogP contribution in [0.3, 0.4) is 0 Å². The Labute approximate surface area is 108 Å². The average molecular weight is 255 g/mol. The lowest BCUT2D eigenvalue weighted by atomic mass is 10.2. The van der Waals surface area contributed by atoms with E-state index in [0.29, 0.717) is 6.61 Å². The first-order valence-electron chi connectivity index (χ1n) is 5.62. The van der Waals surface area contributed by atoms with Crippen LogP contribution in [0.15, 0.2) is 23.1 Å². The molecule has 0 saturated carbocycles. The number of nitrogen functional groups attached to an aromatic ring is 1. The fraction of sp³-hybridized carbons (Fsp3) is 0.538. The molecule has 0 aliphatic carbocycles. The Morgan fingerprint density at radius 1 is 1.29 bits per heavy atom. The van der Waals surface area contributed by atoms with Gasteiger partial charge in [-0.05, 0) is 39.0 Å². The number of ether oxygens (including phenoxy) is 2. The van der Waals surface area contributed by atoms with Gasteiger partial charge in [0.05, 0.1) is 19.3 Å². The molecule has 0 aliphatic heterocycles. The van der Waals surface area contributed by atoms with Crippen molar-refractivity contribution in [3.8, 4) is 5.75 Å². The highest BCUT2D eigenvalue weighted by atomic mass is 32.2. The summed E-state index contributed by atoms with van der Waals surface area (Å²) >= 11 is 1.69. The summed E-state index contributed by atoms with van der Waals surface area (Å²) in [5.74, 6) is 1.72. The van der Waals surface area contributed by atoms with E-state index in [2.05, 4.69) is 20.8 Å². The van der Waals surface area contributed by atoms with E-state index in [1.54, 1.807) is 18.9 Å². The Hall–Kier alpha value is -0.870. The van der Waals surface area contributed by atoms with Crippen LogP contribution in [0.25, 0.3) is 0 Å². The number of hydrogen-bond acceptors (Lipinski definition) is 4. The van der Waals surface area contributed by atoms with E-state index < -0.39 is 0 Å². The molecule has 96 valence electrons. The minimum atomic E-state index is -0.0829. The van der Waals surface area contributed by atoms with Crippen molar-refractivity contribution in [3.05, 3.63) is 18.2 Å². The zero-order chi connectivity index (χ0) is 12.9. The zero-order valence-electron chi connectivity index (χ0n) is 10.9. The van der Waals surface area contributed by atoms with Crippen LogP contribution in [-0.2, 0) is 4.74 Å². The molecule has 4 heteroatoms. The van der Waals surface area contributed by atoms with Crippen LogP contribution in [-0.4, -0.2) is 25.1 Å². The number of nitrogens with two attached hydrogens (primary N) is 1. The van der Waals surface area contributed by atoms with E-state index in [9.17, 15) is 0 Å². The Balaban J connectivity index is 2.46. The third kappa shape index (κ3) is 5.33. The van der Waals surface area contributed by atoms with Crippen molar-refractivity contribution < 1.29 is 9.47 Å². The van der Waals surface area contributed by atoms with Gasteiger partial charge < -0.3 is 15.2 Å². The molecule has 3 nitrogen and oxygen atoms in total. The maximum absolute atomic E-state index is 5.89. The van der Waals surface area contributed by atoms with Gasteiger partial charge in [-0.25, -0.2) is 0 Å². The summed E-state index contributed by atoms with van der Waals surface area (Å²) in [4.78, 5) is 1.04. The van der Waals surface area contributed by atoms with Crippen LogP contribution in [0.4, 0.5) is 5.69 Å². The van der Waals surface area contributed by atoms with E-state index in [1.807, 2.05) is 18.2 Å². The summed E-state index contributed by atoms with van der Waals surface area (Å²) in [6.45, 7) is 6.87. The maximum Gasteiger partial charge on any atom is 0.120 e. The van der Waals surface area contributed by atoms with E-state index in [1.165, 1.54) is 0 Å². The molecule has 2 N–H and O–H groups in total. The van der Waals surface area contributed by atoms with Crippen molar-refractivity contribution >= 4 is 17.4 Å². The summed E-state index contributed by atoms with van der Waals surface area (Å²) in [6.07, 6.45) is 0. The summed E-state index contributed by atoms with van der Waals surface area (Å²) in [5.41, 5.74) is 6.60. The molecule has 1 aromatic carbocycles. The number of methoxy groups -OCH3 is 1. The topological polar surface area (TPSA) is 44.5 Å². The van der Waals surface area contributed by atoms with Gasteiger partial charge in [0, 0.05) is 16.3 Å². The fourth-order valence-corrected chi connectivity index (χ4v) is 2.09. The predicted molar refractivity (Wildman–Crippen MR) is 73.8 cm³/mol. The second kappa shape index (κ2) is 6.17. The highest BCUT2D eigenvalue weighted by molar-refractivity contribution is 7.99. The van der Waals surface area contributed by atoms with Crippen LogP contribution in [0.2, 0.25) is 0 Å². The molecule has 0 atom stereocenters. The third-order valence-corrected chi connectivity index (χ3v) is 3.13. The minimum absolute atomic E-state index is 0.0829. The summed E-state index contributed by atoms with van der Waals surface area (Å²) in [7, 11) is 1.66. The molecule has 0 aromatic heterocycles. The monoisotopic (exact) mass is 255 g/mol. The minimum Gasteiger partial charge on any atom is -0.497 e. The second-order valence-electron chi connectivity index (χ2n) is 4.71. The number of benzene rings is 1. The van der Waals surface area contributed by atoms with E-state index in [0.717, 1.165) is 22.1 Å². The van der Waals surface area contributed by atoms with Crippen LogP contribution in [0, 0.1) is 0 Å². The fourth-order valence-electron chi connectivity index (χ4n) is 1.27. The standard InChI is InChI=1S/C13H21NO2S/c1-13(2,3)16-7-8-17-12-9-10(15-4)5-6-11(12)14/h5-6,9H,7-8,14H2,1-4H3. The Bertz CT molecular complexity index is 361. The van der Waals surface area contributed by atoms with Gasteiger partial charge in [-0.2, -0.15) is 0 Å². The van der Waals surface area contributed by atoms with Crippen molar-refractivity contribution in [3.63, 3.8) is 0 Å². The first-order valence-corrected chi connectivity index (χ1v) is 6.61. The molecule has 0 heterocycles. The van der Waals surface area contributed by atoms with E-state index in [4.69, 9.17) is 15.2 Å². The highest BCUT2D eigenvalue weighted by Crippen LogP contribution is 2.29. The Morgan fingerprint density at radius 2 is 2.00 bits per heavy atom. The number of rotatable bonds is 5. The van der Waals surface area contributed by atoms with Crippen molar-refractivity contribution in [1.29, 1.82) is 0 Å². The molecule has 0 fully saturated rings. The lowest BCUT2D eigenvalue weighted by molar-refractivity contribution is 0.00695. The van der Waals surface area contributed by atoms with Gasteiger partial charge >= 0.3 is 0 Å². The van der Waals surface area contributed by atoms with E-state index in [-0.39, 0.29) is 5.60 Å². The molecule has 1 rings (SSSR count). The molecule has 17 heavy (non-hydrogen) atoms. The number of anilines is 1. The van der Waals surface area contributed by atoms with Gasteiger partial charge in [0.25, 0.3) is 0 Å². The van der Waals surface area contributed by atoms with Gasteiger partial charge in [-0.3, -0.25) is 0 Å². The molecule has 0 aliphatic rings. The first-order chi connectivity index (χ1) is 7.92. The van der Waals surface area contributed by atoms with E-state index >= 15 is 0 Å². The molecular formula is C13H21NO2S. The van der Waals surface area contributed by atoms with Crippen LogP contribution in [0.1, 0.15) is 20.8 Å².